The number of alkyl halides is 3. The first-order chi connectivity index (χ1) is 22.4. The molecule has 48 heavy (non-hydrogen) atoms. The Hall–Kier alpha value is -5.84. The van der Waals surface area contributed by atoms with E-state index in [9.17, 15) is 57.9 Å². The van der Waals surface area contributed by atoms with Gasteiger partial charge in [0.15, 0.2) is 0 Å². The van der Waals surface area contributed by atoms with Crippen molar-refractivity contribution >= 4 is 29.6 Å². The number of aliphatic carboxylic acids is 1. The van der Waals surface area contributed by atoms with E-state index in [1.807, 2.05) is 6.92 Å². The molecule has 7 N–H and O–H groups in total. The highest BCUT2D eigenvalue weighted by Gasteiger charge is 2.38. The molecule has 1 aliphatic rings. The standard InChI is InChI=1S/C29H28N2O10.C2HF3O2/c1-2-31-11-10-23(19(14-31)30-27(37)15-6-8-17(32)9-7-15)41-29(40)16-12-21(34)25(22(35)13-16)26(36)24-18(28(38)39)4-3-5-20(24)33;3-2(4,5)1(6)7/h3-9,12-13,19,23,32-35H,2,10-11,14H2,1H3,(H,30,37)(H,38,39);(H,6,7). The zero-order valence-corrected chi connectivity index (χ0v) is 24.9. The number of piperidine rings is 1. The smallest absolute Gasteiger partial charge is 0.490 e. The molecule has 0 aliphatic carbocycles. The Kier molecular flexibility index (Phi) is 11.6. The van der Waals surface area contributed by atoms with Crippen LogP contribution in [-0.4, -0.2) is 103 Å². The third-order valence-corrected chi connectivity index (χ3v) is 7.09. The first-order valence-corrected chi connectivity index (χ1v) is 13.9. The number of benzene rings is 3. The Labute approximate surface area is 269 Å². The van der Waals surface area contributed by atoms with Gasteiger partial charge >= 0.3 is 24.1 Å². The number of nitrogens with zero attached hydrogens (tertiary/aromatic N) is 1. The van der Waals surface area contributed by atoms with Crippen LogP contribution < -0.4 is 5.32 Å². The van der Waals surface area contributed by atoms with Crippen molar-refractivity contribution in [2.75, 3.05) is 19.6 Å². The van der Waals surface area contributed by atoms with Gasteiger partial charge in [0, 0.05) is 18.7 Å². The summed E-state index contributed by atoms with van der Waals surface area (Å²) in [5, 5.41) is 60.1. The summed E-state index contributed by atoms with van der Waals surface area (Å²) < 4.78 is 37.4. The van der Waals surface area contributed by atoms with E-state index in [1.54, 1.807) is 0 Å². The number of phenols is 4. The quantitative estimate of drug-likeness (QED) is 0.134. The normalized spacial score (nSPS) is 16.2. The number of rotatable bonds is 8. The van der Waals surface area contributed by atoms with E-state index in [1.165, 1.54) is 30.3 Å². The van der Waals surface area contributed by atoms with Gasteiger partial charge < -0.3 is 45.6 Å². The summed E-state index contributed by atoms with van der Waals surface area (Å²) in [5.41, 5.74) is -1.89. The average Bonchev–Trinajstić information content (AvgIpc) is 3.01. The molecule has 17 heteroatoms. The van der Waals surface area contributed by atoms with Crippen LogP contribution in [0.15, 0.2) is 54.6 Å². The molecule has 0 saturated carbocycles. The molecule has 1 amide bonds. The lowest BCUT2D eigenvalue weighted by molar-refractivity contribution is -0.192. The minimum Gasteiger partial charge on any atom is -0.508 e. The molecule has 3 aromatic rings. The molecule has 1 fully saturated rings. The van der Waals surface area contributed by atoms with Crippen molar-refractivity contribution < 1.29 is 72.5 Å². The molecule has 1 heterocycles. The number of carboxylic acid groups (broad SMARTS) is 2. The van der Waals surface area contributed by atoms with Gasteiger partial charge in [-0.05, 0) is 61.5 Å². The maximum atomic E-state index is 13.1. The molecule has 3 aromatic carbocycles. The Morgan fingerprint density at radius 1 is 0.875 bits per heavy atom. The summed E-state index contributed by atoms with van der Waals surface area (Å²) in [6, 6.07) is 10.2. The van der Waals surface area contributed by atoms with Crippen LogP contribution in [0.1, 0.15) is 60.3 Å². The number of amides is 1. The van der Waals surface area contributed by atoms with E-state index in [0.717, 1.165) is 24.3 Å². The van der Waals surface area contributed by atoms with Crippen molar-refractivity contribution in [2.45, 2.75) is 31.7 Å². The highest BCUT2D eigenvalue weighted by Crippen LogP contribution is 2.35. The van der Waals surface area contributed by atoms with Gasteiger partial charge in [-0.2, -0.15) is 13.2 Å². The molecule has 0 bridgehead atoms. The number of carboxylic acids is 2. The number of likely N-dealkylation sites (tertiary alicyclic amines) is 1. The maximum absolute atomic E-state index is 13.1. The maximum Gasteiger partial charge on any atom is 0.490 e. The average molecular weight is 679 g/mol. The van der Waals surface area contributed by atoms with Crippen LogP contribution in [0, 0.1) is 0 Å². The largest absolute Gasteiger partial charge is 0.508 e. The number of likely N-dealkylation sites (N-methyl/N-ethyl adjacent to an activating group) is 1. The number of ether oxygens (including phenoxy) is 1. The summed E-state index contributed by atoms with van der Waals surface area (Å²) in [4.78, 5) is 61.4. The highest BCUT2D eigenvalue weighted by atomic mass is 19.4. The number of aromatic hydroxyl groups is 4. The Balaban J connectivity index is 0.000000804. The van der Waals surface area contributed by atoms with Gasteiger partial charge in [0.1, 0.15) is 34.7 Å². The summed E-state index contributed by atoms with van der Waals surface area (Å²) in [7, 11) is 0. The molecular weight excluding hydrogens is 649 g/mol. The number of nitrogens with one attached hydrogen (secondary N) is 1. The van der Waals surface area contributed by atoms with Crippen molar-refractivity contribution in [2.24, 2.45) is 0 Å². The van der Waals surface area contributed by atoms with Crippen LogP contribution in [-0.2, 0) is 9.53 Å². The summed E-state index contributed by atoms with van der Waals surface area (Å²) in [6.07, 6.45) is -5.48. The Morgan fingerprint density at radius 3 is 1.98 bits per heavy atom. The summed E-state index contributed by atoms with van der Waals surface area (Å²) in [6.45, 7) is 3.61. The number of carbonyl (C=O) groups is 5. The fourth-order valence-electron chi connectivity index (χ4n) is 4.68. The Bertz CT molecular complexity index is 1690. The predicted molar refractivity (Wildman–Crippen MR) is 157 cm³/mol. The minimum atomic E-state index is -5.08. The molecule has 0 aromatic heterocycles. The van der Waals surface area contributed by atoms with Crippen LogP contribution >= 0.6 is 0 Å². The number of ketones is 1. The van der Waals surface area contributed by atoms with Crippen molar-refractivity contribution in [1.82, 2.24) is 10.2 Å². The predicted octanol–water partition coefficient (Wildman–Crippen LogP) is 3.12. The molecule has 4 rings (SSSR count). The van der Waals surface area contributed by atoms with Crippen molar-refractivity contribution in [3.05, 3.63) is 82.4 Å². The number of carbonyl (C=O) groups excluding carboxylic acids is 3. The lowest BCUT2D eigenvalue weighted by Crippen LogP contribution is -2.56. The lowest BCUT2D eigenvalue weighted by Gasteiger charge is -2.38. The van der Waals surface area contributed by atoms with Crippen molar-refractivity contribution in [3.8, 4) is 23.0 Å². The molecule has 2 unspecified atom stereocenters. The van der Waals surface area contributed by atoms with E-state index in [0.29, 0.717) is 31.6 Å². The third kappa shape index (κ3) is 8.91. The number of aromatic carboxylic acids is 1. The monoisotopic (exact) mass is 678 g/mol. The number of hydrogen-bond acceptors (Lipinski definition) is 11. The van der Waals surface area contributed by atoms with Gasteiger partial charge in [-0.25, -0.2) is 14.4 Å². The second-order valence-corrected chi connectivity index (χ2v) is 10.3. The molecule has 1 saturated heterocycles. The second kappa shape index (κ2) is 15.2. The van der Waals surface area contributed by atoms with Gasteiger partial charge in [0.25, 0.3) is 5.91 Å². The minimum absolute atomic E-state index is 0.00491. The third-order valence-electron chi connectivity index (χ3n) is 7.09. The molecule has 14 nitrogen and oxygen atoms in total. The van der Waals surface area contributed by atoms with Gasteiger partial charge in [0.2, 0.25) is 5.78 Å². The van der Waals surface area contributed by atoms with E-state index in [-0.39, 0.29) is 11.3 Å². The molecule has 2 atom stereocenters. The highest BCUT2D eigenvalue weighted by molar-refractivity contribution is 6.18. The van der Waals surface area contributed by atoms with Gasteiger partial charge in [0.05, 0.1) is 22.7 Å². The Morgan fingerprint density at radius 2 is 1.46 bits per heavy atom. The zero-order chi connectivity index (χ0) is 35.9. The fourth-order valence-corrected chi connectivity index (χ4v) is 4.68. The fraction of sp³-hybridized carbons (Fsp3) is 0.258. The lowest BCUT2D eigenvalue weighted by atomic mass is 9.95. The second-order valence-electron chi connectivity index (χ2n) is 10.3. The van der Waals surface area contributed by atoms with E-state index >= 15 is 0 Å². The first kappa shape index (κ1) is 36.6. The molecule has 0 radical (unpaired) electrons. The zero-order valence-electron chi connectivity index (χ0n) is 24.9. The SMILES string of the molecule is CCN1CCC(OC(=O)c2cc(O)c(C(=O)c3c(O)cccc3C(=O)O)c(O)c2)C(NC(=O)c2ccc(O)cc2)C1.O=C(O)C(F)(F)F. The van der Waals surface area contributed by atoms with Crippen LogP contribution in [0.25, 0.3) is 0 Å². The topological polar surface area (TPSA) is 231 Å². The summed E-state index contributed by atoms with van der Waals surface area (Å²) in [5.74, 6) is -9.14. The van der Waals surface area contributed by atoms with Gasteiger partial charge in [-0.3, -0.25) is 9.59 Å². The number of phenolic OH excluding ortho intramolecular Hbond substituents is 4. The van der Waals surface area contributed by atoms with Crippen LogP contribution in [0.3, 0.4) is 0 Å². The van der Waals surface area contributed by atoms with E-state index in [2.05, 4.69) is 10.2 Å². The van der Waals surface area contributed by atoms with Gasteiger partial charge in [-0.1, -0.05) is 13.0 Å². The van der Waals surface area contributed by atoms with E-state index < -0.39 is 81.9 Å². The molecule has 0 spiro atoms. The van der Waals surface area contributed by atoms with Crippen molar-refractivity contribution in [1.29, 1.82) is 0 Å². The van der Waals surface area contributed by atoms with Crippen molar-refractivity contribution in [3.63, 3.8) is 0 Å². The van der Waals surface area contributed by atoms with Gasteiger partial charge in [-0.15, -0.1) is 0 Å². The number of halogens is 3. The molecular formula is C31H29F3N2O12. The molecule has 256 valence electrons. The number of esters is 1. The van der Waals surface area contributed by atoms with Crippen LogP contribution in [0.5, 0.6) is 23.0 Å². The summed E-state index contributed by atoms with van der Waals surface area (Å²) >= 11 is 0. The van der Waals surface area contributed by atoms with Crippen LogP contribution in [0.4, 0.5) is 13.2 Å². The van der Waals surface area contributed by atoms with Crippen LogP contribution in [0.2, 0.25) is 0 Å². The molecule has 1 aliphatic heterocycles. The first-order valence-electron chi connectivity index (χ1n) is 13.9. The number of hydrogen-bond donors (Lipinski definition) is 7. The van der Waals surface area contributed by atoms with E-state index in [4.69, 9.17) is 14.6 Å².